The molecule has 1 heterocycles. The van der Waals surface area contributed by atoms with Crippen molar-refractivity contribution < 1.29 is 5.11 Å². The van der Waals surface area contributed by atoms with Gasteiger partial charge in [0.15, 0.2) is 5.82 Å². The summed E-state index contributed by atoms with van der Waals surface area (Å²) >= 11 is 0. The first-order chi connectivity index (χ1) is 8.63. The molecule has 0 amide bonds. The second-order valence-electron chi connectivity index (χ2n) is 4.35. The largest absolute Gasteiger partial charge is 0.508 e. The van der Waals surface area contributed by atoms with Gasteiger partial charge in [0, 0.05) is 12.6 Å². The number of aromatic hydroxyl groups is 1. The smallest absolute Gasteiger partial charge is 0.158 e. The number of phenols is 1. The van der Waals surface area contributed by atoms with Crippen molar-refractivity contribution in [2.45, 2.75) is 6.92 Å². The molecule has 0 atom stereocenters. The Morgan fingerprint density at radius 2 is 1.78 bits per heavy atom. The molecule has 0 saturated heterocycles. The highest BCUT2D eigenvalue weighted by Crippen LogP contribution is 2.25. The van der Waals surface area contributed by atoms with Crippen LogP contribution < -0.4 is 0 Å². The number of fused-ring (bicyclic) bond motifs is 1. The third-order valence-corrected chi connectivity index (χ3v) is 2.95. The van der Waals surface area contributed by atoms with Crippen molar-refractivity contribution in [3.8, 4) is 17.1 Å². The van der Waals surface area contributed by atoms with E-state index in [1.54, 1.807) is 16.8 Å². The minimum absolute atomic E-state index is 0.282. The standard InChI is InChI=1S/C14H13N3O/c1-9-15-14(17(2)16-9)12-4-3-11-8-13(18)6-5-10(11)7-12/h3-8,18H,1-2H3. The van der Waals surface area contributed by atoms with E-state index in [2.05, 4.69) is 16.1 Å². The van der Waals surface area contributed by atoms with Crippen LogP contribution in [0.3, 0.4) is 0 Å². The van der Waals surface area contributed by atoms with Crippen LogP contribution in [0.25, 0.3) is 22.2 Å². The van der Waals surface area contributed by atoms with Gasteiger partial charge in [0.2, 0.25) is 0 Å². The van der Waals surface area contributed by atoms with E-state index in [1.165, 1.54) is 0 Å². The van der Waals surface area contributed by atoms with Crippen LogP contribution >= 0.6 is 0 Å². The van der Waals surface area contributed by atoms with Gasteiger partial charge in [-0.15, -0.1) is 0 Å². The summed E-state index contributed by atoms with van der Waals surface area (Å²) in [5.74, 6) is 1.89. The topological polar surface area (TPSA) is 50.9 Å². The van der Waals surface area contributed by atoms with Gasteiger partial charge in [-0.25, -0.2) is 9.67 Å². The van der Waals surface area contributed by atoms with Crippen molar-refractivity contribution in [2.75, 3.05) is 0 Å². The molecule has 1 N–H and O–H groups in total. The zero-order chi connectivity index (χ0) is 12.7. The van der Waals surface area contributed by atoms with E-state index in [9.17, 15) is 5.11 Å². The Balaban J connectivity index is 2.19. The molecule has 0 aliphatic heterocycles. The Hall–Kier alpha value is -2.36. The maximum atomic E-state index is 9.44. The number of hydrogen-bond donors (Lipinski definition) is 1. The SMILES string of the molecule is Cc1nc(-c2ccc3cc(O)ccc3c2)n(C)n1. The van der Waals surface area contributed by atoms with Crippen molar-refractivity contribution in [1.82, 2.24) is 14.8 Å². The molecular weight excluding hydrogens is 226 g/mol. The molecular formula is C14H13N3O. The Morgan fingerprint density at radius 1 is 1.06 bits per heavy atom. The number of hydrogen-bond acceptors (Lipinski definition) is 3. The monoisotopic (exact) mass is 239 g/mol. The lowest BCUT2D eigenvalue weighted by Gasteiger charge is -2.03. The van der Waals surface area contributed by atoms with Crippen LogP contribution in [-0.2, 0) is 7.05 Å². The maximum absolute atomic E-state index is 9.44. The summed E-state index contributed by atoms with van der Waals surface area (Å²) in [7, 11) is 1.89. The molecule has 0 bridgehead atoms. The second-order valence-corrected chi connectivity index (χ2v) is 4.35. The number of aryl methyl sites for hydroxylation is 2. The van der Waals surface area contributed by atoms with Crippen LogP contribution in [0.4, 0.5) is 0 Å². The Bertz CT molecular complexity index is 731. The van der Waals surface area contributed by atoms with E-state index in [4.69, 9.17) is 0 Å². The van der Waals surface area contributed by atoms with Crippen LogP contribution in [0, 0.1) is 6.92 Å². The number of benzene rings is 2. The molecule has 0 saturated carbocycles. The summed E-state index contributed by atoms with van der Waals surface area (Å²) in [6.45, 7) is 1.88. The normalized spacial score (nSPS) is 11.0. The van der Waals surface area contributed by atoms with Crippen LogP contribution in [0.5, 0.6) is 5.75 Å². The van der Waals surface area contributed by atoms with Crippen LogP contribution in [0.2, 0.25) is 0 Å². The van der Waals surface area contributed by atoms with Crippen molar-refractivity contribution in [1.29, 1.82) is 0 Å². The van der Waals surface area contributed by atoms with Gasteiger partial charge >= 0.3 is 0 Å². The van der Waals surface area contributed by atoms with E-state index in [0.717, 1.165) is 28.0 Å². The third kappa shape index (κ3) is 1.72. The van der Waals surface area contributed by atoms with E-state index in [1.807, 2.05) is 32.2 Å². The summed E-state index contributed by atoms with van der Waals surface area (Å²) in [5.41, 5.74) is 1.02. The average Bonchev–Trinajstić information content (AvgIpc) is 2.68. The van der Waals surface area contributed by atoms with Crippen molar-refractivity contribution >= 4 is 10.8 Å². The molecule has 0 fully saturated rings. The van der Waals surface area contributed by atoms with Gasteiger partial charge in [0.1, 0.15) is 11.6 Å². The fourth-order valence-corrected chi connectivity index (χ4v) is 2.14. The molecule has 4 heteroatoms. The minimum atomic E-state index is 0.282. The molecule has 3 rings (SSSR count). The molecule has 90 valence electrons. The average molecular weight is 239 g/mol. The van der Waals surface area contributed by atoms with Gasteiger partial charge in [-0.1, -0.05) is 18.2 Å². The Labute approximate surface area is 105 Å². The van der Waals surface area contributed by atoms with Crippen LogP contribution in [0.15, 0.2) is 36.4 Å². The predicted molar refractivity (Wildman–Crippen MR) is 70.3 cm³/mol. The number of nitrogens with zero attached hydrogens (tertiary/aromatic N) is 3. The summed E-state index contributed by atoms with van der Waals surface area (Å²) in [6, 6.07) is 11.4. The van der Waals surface area contributed by atoms with Crippen LogP contribution in [0.1, 0.15) is 5.82 Å². The summed E-state index contributed by atoms with van der Waals surface area (Å²) < 4.78 is 1.77. The molecule has 3 aromatic rings. The van der Waals surface area contributed by atoms with Gasteiger partial charge < -0.3 is 5.11 Å². The fourth-order valence-electron chi connectivity index (χ4n) is 2.14. The molecule has 0 unspecified atom stereocenters. The zero-order valence-electron chi connectivity index (χ0n) is 10.3. The lowest BCUT2D eigenvalue weighted by molar-refractivity contribution is 0.476. The maximum Gasteiger partial charge on any atom is 0.158 e. The highest BCUT2D eigenvalue weighted by Gasteiger charge is 2.07. The minimum Gasteiger partial charge on any atom is -0.508 e. The first kappa shape index (κ1) is 10.8. The molecule has 2 aromatic carbocycles. The van der Waals surface area contributed by atoms with E-state index < -0.39 is 0 Å². The van der Waals surface area contributed by atoms with E-state index in [0.29, 0.717) is 0 Å². The molecule has 0 aliphatic carbocycles. The van der Waals surface area contributed by atoms with Gasteiger partial charge in [-0.3, -0.25) is 0 Å². The van der Waals surface area contributed by atoms with Gasteiger partial charge in [0.05, 0.1) is 0 Å². The predicted octanol–water partition coefficient (Wildman–Crippen LogP) is 2.65. The van der Waals surface area contributed by atoms with Crippen molar-refractivity contribution in [3.05, 3.63) is 42.2 Å². The molecule has 18 heavy (non-hydrogen) atoms. The lowest BCUT2D eigenvalue weighted by atomic mass is 10.1. The van der Waals surface area contributed by atoms with Crippen LogP contribution in [-0.4, -0.2) is 19.9 Å². The number of phenolic OH excluding ortho intramolecular Hbond substituents is 1. The Kier molecular flexibility index (Phi) is 2.30. The molecule has 0 radical (unpaired) electrons. The summed E-state index contributed by atoms with van der Waals surface area (Å²) in [4.78, 5) is 4.41. The summed E-state index contributed by atoms with van der Waals surface area (Å²) in [6.07, 6.45) is 0. The molecule has 1 aromatic heterocycles. The Morgan fingerprint density at radius 3 is 2.50 bits per heavy atom. The van der Waals surface area contributed by atoms with Gasteiger partial charge in [-0.05, 0) is 35.9 Å². The van der Waals surface area contributed by atoms with Gasteiger partial charge in [0.25, 0.3) is 0 Å². The first-order valence-corrected chi connectivity index (χ1v) is 5.74. The summed E-state index contributed by atoms with van der Waals surface area (Å²) in [5, 5.41) is 15.8. The molecule has 0 spiro atoms. The van der Waals surface area contributed by atoms with Crippen molar-refractivity contribution in [2.24, 2.45) is 7.05 Å². The quantitative estimate of drug-likeness (QED) is 0.710. The highest BCUT2D eigenvalue weighted by molar-refractivity contribution is 5.87. The second kappa shape index (κ2) is 3.84. The van der Waals surface area contributed by atoms with E-state index in [-0.39, 0.29) is 5.75 Å². The lowest BCUT2D eigenvalue weighted by Crippen LogP contribution is -1.94. The molecule has 0 aliphatic rings. The zero-order valence-corrected chi connectivity index (χ0v) is 10.3. The van der Waals surface area contributed by atoms with E-state index >= 15 is 0 Å². The number of aromatic nitrogens is 3. The molecule has 4 nitrogen and oxygen atoms in total. The first-order valence-electron chi connectivity index (χ1n) is 5.74. The fraction of sp³-hybridized carbons (Fsp3) is 0.143. The number of rotatable bonds is 1. The highest BCUT2D eigenvalue weighted by atomic mass is 16.3. The third-order valence-electron chi connectivity index (χ3n) is 2.95. The van der Waals surface area contributed by atoms with Gasteiger partial charge in [-0.2, -0.15) is 5.10 Å². The van der Waals surface area contributed by atoms with Crippen molar-refractivity contribution in [3.63, 3.8) is 0 Å².